The van der Waals surface area contributed by atoms with Crippen LogP contribution in [0.15, 0.2) is 28.9 Å². The minimum Gasteiger partial charge on any atom is -0.387 e. The van der Waals surface area contributed by atoms with E-state index >= 15 is 0 Å². The first-order chi connectivity index (χ1) is 7.66. The molecule has 1 N–H and O–H groups in total. The monoisotopic (exact) mass is 278 g/mol. The highest BCUT2D eigenvalue weighted by Crippen LogP contribution is 2.35. The Morgan fingerprint density at radius 2 is 2.31 bits per heavy atom. The molecule has 1 aromatic heterocycles. The van der Waals surface area contributed by atoms with Gasteiger partial charge in [0.1, 0.15) is 5.82 Å². The Bertz CT molecular complexity index is 560. The van der Waals surface area contributed by atoms with E-state index in [0.717, 1.165) is 28.1 Å². The first-order valence-corrected chi connectivity index (χ1v) is 5.98. The molecule has 1 atom stereocenters. The molecule has 2 aromatic rings. The van der Waals surface area contributed by atoms with E-state index in [4.69, 9.17) is 0 Å². The molecule has 82 valence electrons. The Balaban J connectivity index is 2.19. The summed E-state index contributed by atoms with van der Waals surface area (Å²) in [5.74, 6) is 0.951. The van der Waals surface area contributed by atoms with E-state index < -0.39 is 6.10 Å². The molecule has 3 rings (SSSR count). The molecule has 3 nitrogen and oxygen atoms in total. The van der Waals surface area contributed by atoms with Gasteiger partial charge in [0.25, 0.3) is 0 Å². The number of fused-ring (bicyclic) bond motifs is 3. The highest BCUT2D eigenvalue weighted by molar-refractivity contribution is 9.10. The van der Waals surface area contributed by atoms with Crippen LogP contribution < -0.4 is 0 Å². The summed E-state index contributed by atoms with van der Waals surface area (Å²) in [7, 11) is 0. The number of nitrogens with zero attached hydrogens (tertiary/aromatic N) is 2. The molecule has 1 aliphatic rings. The van der Waals surface area contributed by atoms with Crippen molar-refractivity contribution in [3.05, 3.63) is 40.1 Å². The summed E-state index contributed by atoms with van der Waals surface area (Å²) >= 11 is 3.47. The number of rotatable bonds is 1. The number of benzene rings is 1. The molecule has 4 heteroatoms. The van der Waals surface area contributed by atoms with Gasteiger partial charge < -0.3 is 9.67 Å². The third-order valence-electron chi connectivity index (χ3n) is 2.96. The van der Waals surface area contributed by atoms with Crippen LogP contribution >= 0.6 is 15.9 Å². The van der Waals surface area contributed by atoms with E-state index in [0.29, 0.717) is 0 Å². The minimum atomic E-state index is -0.473. The van der Waals surface area contributed by atoms with Crippen LogP contribution in [0, 0.1) is 0 Å². The Labute approximate surface area is 102 Å². The molecule has 0 saturated carbocycles. The summed E-state index contributed by atoms with van der Waals surface area (Å²) in [5.41, 5.74) is 3.29. The number of aliphatic hydroxyl groups is 1. The van der Waals surface area contributed by atoms with Gasteiger partial charge >= 0.3 is 0 Å². The first kappa shape index (κ1) is 10.1. The van der Waals surface area contributed by atoms with E-state index in [2.05, 4.69) is 37.6 Å². The third kappa shape index (κ3) is 1.33. The van der Waals surface area contributed by atoms with E-state index in [1.807, 2.05) is 6.07 Å². The fraction of sp³-hybridized carbons (Fsp3) is 0.250. The second-order valence-corrected chi connectivity index (χ2v) is 4.99. The first-order valence-electron chi connectivity index (χ1n) is 5.19. The van der Waals surface area contributed by atoms with Gasteiger partial charge in [-0.25, -0.2) is 4.98 Å². The number of halogens is 1. The summed E-state index contributed by atoms with van der Waals surface area (Å²) in [5, 5.41) is 9.64. The van der Waals surface area contributed by atoms with Crippen LogP contribution in [0.1, 0.15) is 24.3 Å². The molecule has 0 fully saturated rings. The van der Waals surface area contributed by atoms with Crippen molar-refractivity contribution in [3.63, 3.8) is 0 Å². The summed E-state index contributed by atoms with van der Waals surface area (Å²) in [6, 6.07) is 6.21. The highest BCUT2D eigenvalue weighted by atomic mass is 79.9. The summed E-state index contributed by atoms with van der Waals surface area (Å²) < 4.78 is 3.13. The van der Waals surface area contributed by atoms with Crippen molar-refractivity contribution in [2.45, 2.75) is 19.6 Å². The maximum Gasteiger partial charge on any atom is 0.140 e. The predicted molar refractivity (Wildman–Crippen MR) is 65.1 cm³/mol. The molecule has 0 amide bonds. The van der Waals surface area contributed by atoms with E-state index in [-0.39, 0.29) is 0 Å². The molecule has 1 aliphatic heterocycles. The second kappa shape index (κ2) is 3.43. The summed E-state index contributed by atoms with van der Waals surface area (Å²) in [6.07, 6.45) is 1.28. The zero-order valence-corrected chi connectivity index (χ0v) is 10.4. The smallest absolute Gasteiger partial charge is 0.140 e. The van der Waals surface area contributed by atoms with Gasteiger partial charge in [0, 0.05) is 10.0 Å². The van der Waals surface area contributed by atoms with E-state index in [9.17, 15) is 5.11 Å². The lowest BCUT2D eigenvalue weighted by atomic mass is 10.1. The van der Waals surface area contributed by atoms with Crippen molar-refractivity contribution in [1.29, 1.82) is 0 Å². The van der Waals surface area contributed by atoms with Gasteiger partial charge in [0.15, 0.2) is 0 Å². The normalized spacial score (nSPS) is 14.7. The summed E-state index contributed by atoms with van der Waals surface area (Å²) in [6.45, 7) is 2.57. The maximum atomic E-state index is 9.64. The largest absolute Gasteiger partial charge is 0.387 e. The average Bonchev–Trinajstić information content (AvgIpc) is 2.76. The van der Waals surface area contributed by atoms with Gasteiger partial charge in [-0.15, -0.1) is 0 Å². The van der Waals surface area contributed by atoms with Gasteiger partial charge in [-0.3, -0.25) is 0 Å². The standard InChI is InChI=1S/C12H11BrN2O/c1-7(16)11-5-14-12-10-4-9(13)3-2-8(10)6-15(11)12/h2-5,7,16H,6H2,1H3. The Morgan fingerprint density at radius 1 is 1.50 bits per heavy atom. The number of aromatic nitrogens is 2. The molecule has 0 spiro atoms. The molecule has 0 aliphatic carbocycles. The van der Waals surface area contributed by atoms with Crippen molar-refractivity contribution in [1.82, 2.24) is 9.55 Å². The lowest BCUT2D eigenvalue weighted by Crippen LogP contribution is -2.02. The topological polar surface area (TPSA) is 38.1 Å². The summed E-state index contributed by atoms with van der Waals surface area (Å²) in [4.78, 5) is 4.38. The molecule has 16 heavy (non-hydrogen) atoms. The Kier molecular flexibility index (Phi) is 2.16. The lowest BCUT2D eigenvalue weighted by molar-refractivity contribution is 0.190. The predicted octanol–water partition coefficient (Wildman–Crippen LogP) is 2.73. The average molecular weight is 279 g/mol. The van der Waals surface area contributed by atoms with Crippen molar-refractivity contribution >= 4 is 15.9 Å². The third-order valence-corrected chi connectivity index (χ3v) is 3.45. The van der Waals surface area contributed by atoms with Crippen LogP contribution in [0.5, 0.6) is 0 Å². The number of imidazole rings is 1. The molecule has 0 bridgehead atoms. The van der Waals surface area contributed by atoms with Crippen LogP contribution in [-0.4, -0.2) is 14.7 Å². The quantitative estimate of drug-likeness (QED) is 0.743. The zero-order chi connectivity index (χ0) is 11.3. The van der Waals surface area contributed by atoms with E-state index in [1.165, 1.54) is 5.56 Å². The van der Waals surface area contributed by atoms with Gasteiger partial charge in [-0.05, 0) is 24.6 Å². The number of hydrogen-bond donors (Lipinski definition) is 1. The Morgan fingerprint density at radius 3 is 3.06 bits per heavy atom. The van der Waals surface area contributed by atoms with Crippen molar-refractivity contribution in [2.75, 3.05) is 0 Å². The molecule has 2 heterocycles. The van der Waals surface area contributed by atoms with Gasteiger partial charge in [0.2, 0.25) is 0 Å². The van der Waals surface area contributed by atoms with Gasteiger partial charge in [-0.2, -0.15) is 0 Å². The highest BCUT2D eigenvalue weighted by Gasteiger charge is 2.23. The fourth-order valence-corrected chi connectivity index (χ4v) is 2.53. The molecule has 1 aromatic carbocycles. The molecule has 1 unspecified atom stereocenters. The van der Waals surface area contributed by atoms with Crippen LogP contribution in [0.2, 0.25) is 0 Å². The van der Waals surface area contributed by atoms with Crippen molar-refractivity contribution in [2.24, 2.45) is 0 Å². The van der Waals surface area contributed by atoms with Gasteiger partial charge in [0.05, 0.1) is 24.5 Å². The van der Waals surface area contributed by atoms with Crippen LogP contribution in [-0.2, 0) is 6.54 Å². The van der Waals surface area contributed by atoms with E-state index in [1.54, 1.807) is 13.1 Å². The number of aliphatic hydroxyl groups excluding tert-OH is 1. The SMILES string of the molecule is CC(O)c1cnc2n1Cc1ccc(Br)cc1-2. The second-order valence-electron chi connectivity index (χ2n) is 4.07. The van der Waals surface area contributed by atoms with Crippen LogP contribution in [0.4, 0.5) is 0 Å². The van der Waals surface area contributed by atoms with Crippen molar-refractivity contribution < 1.29 is 5.11 Å². The van der Waals surface area contributed by atoms with Gasteiger partial charge in [-0.1, -0.05) is 22.0 Å². The minimum absolute atomic E-state index is 0.473. The molecular weight excluding hydrogens is 268 g/mol. The van der Waals surface area contributed by atoms with Crippen LogP contribution in [0.25, 0.3) is 11.4 Å². The zero-order valence-electron chi connectivity index (χ0n) is 8.81. The molecular formula is C12H11BrN2O. The maximum absolute atomic E-state index is 9.64. The van der Waals surface area contributed by atoms with Crippen LogP contribution in [0.3, 0.4) is 0 Å². The lowest BCUT2D eigenvalue weighted by Gasteiger charge is -2.06. The fourth-order valence-electron chi connectivity index (χ4n) is 2.17. The Hall–Kier alpha value is -1.13. The molecule has 0 saturated heterocycles. The van der Waals surface area contributed by atoms with Crippen molar-refractivity contribution in [3.8, 4) is 11.4 Å². The molecule has 0 radical (unpaired) electrons. The number of hydrogen-bond acceptors (Lipinski definition) is 2.